The van der Waals surface area contributed by atoms with Crippen LogP contribution < -0.4 is 15.4 Å². The molecule has 124 valence electrons. The molecule has 1 aromatic carbocycles. The minimum atomic E-state index is -0.630. The SMILES string of the molecule is CNC(=O)NC(=O)/C(=C/OC)c1ccccc1Oc1ccncn1. The average molecular weight is 328 g/mol. The monoisotopic (exact) mass is 328 g/mol. The molecule has 8 nitrogen and oxygen atoms in total. The summed E-state index contributed by atoms with van der Waals surface area (Å²) < 4.78 is 10.7. The first-order chi connectivity index (χ1) is 11.7. The van der Waals surface area contributed by atoms with Crippen molar-refractivity contribution in [1.29, 1.82) is 0 Å². The lowest BCUT2D eigenvalue weighted by molar-refractivity contribution is -0.114. The fourth-order valence-corrected chi connectivity index (χ4v) is 1.82. The molecule has 0 aliphatic carbocycles. The Morgan fingerprint density at radius 1 is 1.21 bits per heavy atom. The number of methoxy groups -OCH3 is 1. The lowest BCUT2D eigenvalue weighted by Gasteiger charge is -2.13. The van der Waals surface area contributed by atoms with E-state index in [2.05, 4.69) is 20.6 Å². The molecule has 0 spiro atoms. The van der Waals surface area contributed by atoms with E-state index in [4.69, 9.17) is 9.47 Å². The van der Waals surface area contributed by atoms with Crippen molar-refractivity contribution in [2.24, 2.45) is 0 Å². The molecular weight excluding hydrogens is 312 g/mol. The van der Waals surface area contributed by atoms with Gasteiger partial charge in [-0.15, -0.1) is 0 Å². The van der Waals surface area contributed by atoms with Crippen molar-refractivity contribution in [3.05, 3.63) is 54.7 Å². The zero-order valence-corrected chi connectivity index (χ0v) is 13.1. The van der Waals surface area contributed by atoms with Crippen molar-refractivity contribution < 1.29 is 19.1 Å². The molecule has 0 unspecified atom stereocenters. The number of nitrogens with one attached hydrogen (secondary N) is 2. The number of nitrogens with zero attached hydrogens (tertiary/aromatic N) is 2. The standard InChI is InChI=1S/C16H16N4O4/c1-17-16(22)20-15(21)12(9-23-2)11-5-3-4-6-13(11)24-14-7-8-18-10-19-14/h3-10H,1-2H3,(H2,17,20,21,22)/b12-9+. The molecule has 1 heterocycles. The number of carbonyl (C=O) groups excluding carboxylic acids is 2. The van der Waals surface area contributed by atoms with Crippen molar-refractivity contribution in [1.82, 2.24) is 20.6 Å². The molecule has 0 saturated carbocycles. The summed E-state index contributed by atoms with van der Waals surface area (Å²) >= 11 is 0. The lowest BCUT2D eigenvalue weighted by Crippen LogP contribution is -2.37. The van der Waals surface area contributed by atoms with Crippen molar-refractivity contribution in [2.75, 3.05) is 14.2 Å². The molecule has 2 rings (SSSR count). The minimum Gasteiger partial charge on any atom is -0.504 e. The number of rotatable bonds is 5. The molecule has 2 aromatic rings. The number of benzene rings is 1. The predicted octanol–water partition coefficient (Wildman–Crippen LogP) is 1.71. The number of ether oxygens (including phenoxy) is 2. The third kappa shape index (κ3) is 4.29. The first-order valence-electron chi connectivity index (χ1n) is 6.95. The van der Waals surface area contributed by atoms with Gasteiger partial charge in [0, 0.05) is 24.9 Å². The van der Waals surface area contributed by atoms with E-state index in [0.717, 1.165) is 0 Å². The van der Waals surface area contributed by atoms with Gasteiger partial charge < -0.3 is 14.8 Å². The minimum absolute atomic E-state index is 0.130. The van der Waals surface area contributed by atoms with Gasteiger partial charge in [0.15, 0.2) is 0 Å². The number of carbonyl (C=O) groups is 2. The molecule has 1 aromatic heterocycles. The van der Waals surface area contributed by atoms with Gasteiger partial charge in [-0.3, -0.25) is 10.1 Å². The van der Waals surface area contributed by atoms with Crippen LogP contribution in [0.5, 0.6) is 11.6 Å². The third-order valence-corrected chi connectivity index (χ3v) is 2.88. The lowest BCUT2D eigenvalue weighted by atomic mass is 10.1. The number of para-hydroxylation sites is 1. The zero-order valence-electron chi connectivity index (χ0n) is 13.1. The number of aromatic nitrogens is 2. The normalized spacial score (nSPS) is 10.7. The van der Waals surface area contributed by atoms with Crippen LogP contribution in [0.2, 0.25) is 0 Å². The van der Waals surface area contributed by atoms with Crippen LogP contribution >= 0.6 is 0 Å². The third-order valence-electron chi connectivity index (χ3n) is 2.88. The fourth-order valence-electron chi connectivity index (χ4n) is 1.82. The molecule has 2 N–H and O–H groups in total. The topological polar surface area (TPSA) is 102 Å². The van der Waals surface area contributed by atoms with E-state index in [1.54, 1.807) is 30.3 Å². The van der Waals surface area contributed by atoms with Gasteiger partial charge in [-0.2, -0.15) is 0 Å². The predicted molar refractivity (Wildman–Crippen MR) is 86.1 cm³/mol. The Kier molecular flexibility index (Phi) is 5.84. The summed E-state index contributed by atoms with van der Waals surface area (Å²) in [5.74, 6) is 0.0717. The number of urea groups is 1. The molecule has 0 atom stereocenters. The smallest absolute Gasteiger partial charge is 0.321 e. The molecule has 8 heteroatoms. The van der Waals surface area contributed by atoms with Crippen LogP contribution in [0.25, 0.3) is 5.57 Å². The summed E-state index contributed by atoms with van der Waals surface area (Å²) in [5, 5.41) is 4.50. The Morgan fingerprint density at radius 3 is 2.67 bits per heavy atom. The van der Waals surface area contributed by atoms with E-state index in [-0.39, 0.29) is 5.57 Å². The number of imide groups is 1. The van der Waals surface area contributed by atoms with Gasteiger partial charge >= 0.3 is 6.03 Å². The molecule has 0 aliphatic heterocycles. The molecule has 0 radical (unpaired) electrons. The van der Waals surface area contributed by atoms with Gasteiger partial charge in [0.05, 0.1) is 18.9 Å². The molecule has 0 bridgehead atoms. The van der Waals surface area contributed by atoms with Crippen LogP contribution in [-0.2, 0) is 9.53 Å². The quantitative estimate of drug-likeness (QED) is 0.640. The Hall–Kier alpha value is -3.42. The van der Waals surface area contributed by atoms with Crippen molar-refractivity contribution >= 4 is 17.5 Å². The molecule has 0 saturated heterocycles. The highest BCUT2D eigenvalue weighted by molar-refractivity contribution is 6.23. The second-order valence-corrected chi connectivity index (χ2v) is 4.45. The van der Waals surface area contributed by atoms with E-state index in [9.17, 15) is 9.59 Å². The summed E-state index contributed by atoms with van der Waals surface area (Å²) in [6.45, 7) is 0. The summed E-state index contributed by atoms with van der Waals surface area (Å²) in [7, 11) is 2.82. The average Bonchev–Trinajstić information content (AvgIpc) is 2.61. The van der Waals surface area contributed by atoms with Crippen molar-refractivity contribution in [3.63, 3.8) is 0 Å². The van der Waals surface area contributed by atoms with E-state index >= 15 is 0 Å². The molecule has 24 heavy (non-hydrogen) atoms. The number of hydrogen-bond acceptors (Lipinski definition) is 6. The highest BCUT2D eigenvalue weighted by Gasteiger charge is 2.19. The van der Waals surface area contributed by atoms with Crippen LogP contribution in [0.3, 0.4) is 0 Å². The van der Waals surface area contributed by atoms with E-state index in [0.29, 0.717) is 17.2 Å². The Bertz CT molecular complexity index is 747. The maximum Gasteiger partial charge on any atom is 0.321 e. The van der Waals surface area contributed by atoms with Crippen molar-refractivity contribution in [3.8, 4) is 11.6 Å². The number of hydrogen-bond donors (Lipinski definition) is 2. The summed E-state index contributed by atoms with van der Waals surface area (Å²) in [6, 6.07) is 7.79. The zero-order chi connectivity index (χ0) is 17.4. The molecule has 0 aliphatic rings. The largest absolute Gasteiger partial charge is 0.504 e. The Balaban J connectivity index is 2.35. The van der Waals surface area contributed by atoms with Gasteiger partial charge in [-0.1, -0.05) is 18.2 Å². The summed E-state index contributed by atoms with van der Waals surface area (Å²) in [4.78, 5) is 31.5. The van der Waals surface area contributed by atoms with Crippen molar-refractivity contribution in [2.45, 2.75) is 0 Å². The second-order valence-electron chi connectivity index (χ2n) is 4.45. The first kappa shape index (κ1) is 16.9. The van der Waals surface area contributed by atoms with E-state index in [1.165, 1.54) is 32.9 Å². The maximum atomic E-state index is 12.3. The van der Waals surface area contributed by atoms with Crippen LogP contribution in [0, 0.1) is 0 Å². The summed E-state index contributed by atoms with van der Waals surface area (Å²) in [6.07, 6.45) is 4.12. The van der Waals surface area contributed by atoms with Gasteiger partial charge in [0.25, 0.3) is 5.91 Å². The van der Waals surface area contributed by atoms with Crippen LogP contribution in [-0.4, -0.2) is 36.1 Å². The number of amides is 3. The van der Waals surface area contributed by atoms with Crippen LogP contribution in [0.15, 0.2) is 49.1 Å². The maximum absolute atomic E-state index is 12.3. The van der Waals surface area contributed by atoms with Gasteiger partial charge in [0.1, 0.15) is 12.1 Å². The van der Waals surface area contributed by atoms with Crippen LogP contribution in [0.4, 0.5) is 4.79 Å². The van der Waals surface area contributed by atoms with E-state index in [1.807, 2.05) is 0 Å². The Morgan fingerprint density at radius 2 is 2.00 bits per heavy atom. The highest BCUT2D eigenvalue weighted by atomic mass is 16.5. The molecule has 0 fully saturated rings. The molecular formula is C16H16N4O4. The summed E-state index contributed by atoms with van der Waals surface area (Å²) in [5.41, 5.74) is 0.574. The second kappa shape index (κ2) is 8.28. The fraction of sp³-hybridized carbons (Fsp3) is 0.125. The Labute approximate surface area is 138 Å². The van der Waals surface area contributed by atoms with Crippen LogP contribution in [0.1, 0.15) is 5.56 Å². The first-order valence-corrected chi connectivity index (χ1v) is 6.95. The van der Waals surface area contributed by atoms with E-state index < -0.39 is 11.9 Å². The highest BCUT2D eigenvalue weighted by Crippen LogP contribution is 2.29. The van der Waals surface area contributed by atoms with Gasteiger partial charge in [0.2, 0.25) is 5.88 Å². The van der Waals surface area contributed by atoms with Gasteiger partial charge in [-0.25, -0.2) is 14.8 Å². The molecule has 3 amide bonds. The van der Waals surface area contributed by atoms with Gasteiger partial charge in [-0.05, 0) is 6.07 Å².